The molecular formula is C10H19CoN2O4+3. The van der Waals surface area contributed by atoms with Crippen molar-refractivity contribution >= 4 is 27.2 Å². The maximum Gasteiger partial charge on any atom is 2.00 e. The van der Waals surface area contributed by atoms with Gasteiger partial charge in [0.2, 0.25) is 0 Å². The van der Waals surface area contributed by atoms with E-state index in [9.17, 15) is 0 Å². The minimum atomic E-state index is 0. The number of nitrogens with one attached hydrogen (secondary N) is 1. The van der Waals surface area contributed by atoms with Crippen LogP contribution in [0.3, 0.4) is 0 Å². The molecule has 0 aliphatic heterocycles. The summed E-state index contributed by atoms with van der Waals surface area (Å²) >= 11 is 0. The molecule has 0 bridgehead atoms. The van der Waals surface area contributed by atoms with Crippen LogP contribution in [-0.4, -0.2) is 32.1 Å². The molecule has 1 aromatic rings. The van der Waals surface area contributed by atoms with Crippen molar-refractivity contribution in [3.8, 4) is 0 Å². The maximum atomic E-state index is 8.00. The van der Waals surface area contributed by atoms with Gasteiger partial charge in [-0.3, -0.25) is 0 Å². The first-order chi connectivity index (χ1) is 7.84. The van der Waals surface area contributed by atoms with Gasteiger partial charge in [0.15, 0.2) is 0 Å². The number of imidazole rings is 1. The van der Waals surface area contributed by atoms with E-state index in [1.807, 2.05) is 46.6 Å². The van der Waals surface area contributed by atoms with E-state index >= 15 is 0 Å². The third-order valence-electron chi connectivity index (χ3n) is 1.31. The largest absolute Gasteiger partial charge is 2.00 e. The molecule has 0 aliphatic rings. The molecule has 7 heteroatoms. The van der Waals surface area contributed by atoms with Crippen molar-refractivity contribution < 1.29 is 40.5 Å². The van der Waals surface area contributed by atoms with Gasteiger partial charge in [0.1, 0.15) is 39.5 Å². The van der Waals surface area contributed by atoms with E-state index in [1.165, 1.54) is 5.82 Å². The molecule has 0 aliphatic carbocycles. The molecule has 1 rings (SSSR count). The van der Waals surface area contributed by atoms with Gasteiger partial charge in [0.05, 0.1) is 7.05 Å². The first-order valence-electron chi connectivity index (χ1n) is 4.02. The zero-order valence-electron chi connectivity index (χ0n) is 10.1. The summed E-state index contributed by atoms with van der Waals surface area (Å²) in [7, 11) is 2.04. The molecule has 0 saturated heterocycles. The van der Waals surface area contributed by atoms with Gasteiger partial charge in [-0.2, -0.15) is 0 Å². The second kappa shape index (κ2) is 36.6. The zero-order chi connectivity index (χ0) is 14.0. The zero-order valence-corrected chi connectivity index (χ0v) is 11.1. The van der Waals surface area contributed by atoms with Crippen molar-refractivity contribution in [2.75, 3.05) is 0 Å². The Bertz CT molecular complexity index is 226. The summed E-state index contributed by atoms with van der Waals surface area (Å²) in [5.74, 6) is 1.27. The Morgan fingerprint density at radius 3 is 1.53 bits per heavy atom. The molecule has 0 unspecified atom stereocenters. The van der Waals surface area contributed by atoms with Crippen molar-refractivity contribution in [3.63, 3.8) is 0 Å². The molecule has 1 radical (unpaired) electrons. The molecule has 1 aromatic heterocycles. The summed E-state index contributed by atoms with van der Waals surface area (Å²) in [5.41, 5.74) is 0. The van der Waals surface area contributed by atoms with Gasteiger partial charge >= 0.3 is 16.8 Å². The normalized spacial score (nSPS) is 5.53. The van der Waals surface area contributed by atoms with E-state index in [1.54, 1.807) is 0 Å². The average molecular weight is 290 g/mol. The van der Waals surface area contributed by atoms with Gasteiger partial charge in [0, 0.05) is 6.42 Å². The predicted molar refractivity (Wildman–Crippen MR) is 59.8 cm³/mol. The van der Waals surface area contributed by atoms with Gasteiger partial charge in [-0.25, -0.2) is 9.55 Å². The van der Waals surface area contributed by atoms with Crippen LogP contribution in [0.25, 0.3) is 0 Å². The molecule has 99 valence electrons. The number of carbonyl (C=O) groups is 4. The summed E-state index contributed by atoms with van der Waals surface area (Å²) in [6, 6.07) is 0. The number of hydrogen-bond acceptors (Lipinski definition) is 4. The van der Waals surface area contributed by atoms with E-state index in [2.05, 4.69) is 16.5 Å². The summed E-state index contributed by atoms with van der Waals surface area (Å²) in [5, 5.41) is 0. The van der Waals surface area contributed by atoms with E-state index in [-0.39, 0.29) is 16.8 Å². The molecule has 0 atom stereocenters. The number of rotatable bonds is 1. The first kappa shape index (κ1) is 29.5. The predicted octanol–water partition coefficient (Wildman–Crippen LogP) is -0.340. The summed E-state index contributed by atoms with van der Waals surface area (Å²) in [6.07, 6.45) is 5.03. The van der Waals surface area contributed by atoms with Gasteiger partial charge in [0.25, 0.3) is 5.82 Å². The topological polar surface area (TPSA) is 87.9 Å². The number of hydrogen-bond donors (Lipinski definition) is 1. The molecule has 1 heterocycles. The van der Waals surface area contributed by atoms with Crippen molar-refractivity contribution in [2.24, 2.45) is 7.05 Å². The monoisotopic (exact) mass is 290 g/mol. The summed E-state index contributed by atoms with van der Waals surface area (Å²) < 4.78 is 2.08. The number of nitrogens with zero attached hydrogens (tertiary/aromatic N) is 1. The van der Waals surface area contributed by atoms with Gasteiger partial charge < -0.3 is 19.2 Å². The van der Waals surface area contributed by atoms with E-state index in [0.29, 0.717) is 0 Å². The van der Waals surface area contributed by atoms with Crippen LogP contribution in [-0.2, 0) is 49.4 Å². The van der Waals surface area contributed by atoms with Crippen molar-refractivity contribution in [1.82, 2.24) is 4.98 Å². The van der Waals surface area contributed by atoms with Crippen LogP contribution in [0, 0.1) is 0 Å². The Morgan fingerprint density at radius 2 is 1.41 bits per heavy atom. The van der Waals surface area contributed by atoms with Crippen molar-refractivity contribution in [2.45, 2.75) is 13.3 Å². The van der Waals surface area contributed by atoms with Gasteiger partial charge in [-0.05, 0) is 0 Å². The van der Waals surface area contributed by atoms with Gasteiger partial charge in [-0.15, -0.1) is 0 Å². The third kappa shape index (κ3) is 20.5. The number of aromatic nitrogens is 2. The Kier molecular flexibility index (Phi) is 63.6. The van der Waals surface area contributed by atoms with E-state index in [4.69, 9.17) is 19.2 Å². The number of carbonyl (C=O) groups excluding carboxylic acids is 4. The van der Waals surface area contributed by atoms with Crippen LogP contribution in [0.4, 0.5) is 0 Å². The second-order valence-corrected chi connectivity index (χ2v) is 1.87. The number of aromatic amines is 1. The Hall–Kier alpha value is -1.60. The Morgan fingerprint density at radius 1 is 1.06 bits per heavy atom. The van der Waals surface area contributed by atoms with E-state index < -0.39 is 0 Å². The second-order valence-electron chi connectivity index (χ2n) is 1.87. The molecule has 0 saturated carbocycles. The standard InChI is InChI=1S/C6H10N2.4CH2O.Co/c1-3-6-7-4-5-8(6)2;4*1-2;/h4-5H,3H2,1-2H3;4*1H2;/q;;;;;+2/p+1. The fraction of sp³-hybridized carbons (Fsp3) is 0.300. The first-order valence-corrected chi connectivity index (χ1v) is 4.02. The summed E-state index contributed by atoms with van der Waals surface area (Å²) in [4.78, 5) is 35.1. The molecule has 0 amide bonds. The molecule has 1 N–H and O–H groups in total. The number of H-pyrrole nitrogens is 1. The smallest absolute Gasteiger partial charge is 0.307 e. The Balaban J connectivity index is -0.0000000462. The van der Waals surface area contributed by atoms with Crippen molar-refractivity contribution in [3.05, 3.63) is 18.2 Å². The minimum absolute atomic E-state index is 0. The fourth-order valence-corrected chi connectivity index (χ4v) is 0.789. The molecule has 0 spiro atoms. The molecule has 0 aromatic carbocycles. The van der Waals surface area contributed by atoms with Crippen LogP contribution in [0.1, 0.15) is 12.7 Å². The van der Waals surface area contributed by atoms with Crippen molar-refractivity contribution in [1.29, 1.82) is 0 Å². The SMILES string of the molecule is C=O.C=O.C=O.C=O.CCc1[nH]cc[n+]1C.[Co+2]. The summed E-state index contributed by atoms with van der Waals surface area (Å²) in [6.45, 7) is 10.1. The maximum absolute atomic E-state index is 8.00. The van der Waals surface area contributed by atoms with Crippen LogP contribution in [0.2, 0.25) is 0 Å². The van der Waals surface area contributed by atoms with Gasteiger partial charge in [-0.1, -0.05) is 6.92 Å². The van der Waals surface area contributed by atoms with Crippen LogP contribution in [0.15, 0.2) is 12.4 Å². The average Bonchev–Trinajstić information content (AvgIpc) is 2.84. The number of aryl methyl sites for hydroxylation is 2. The minimum Gasteiger partial charge on any atom is -0.307 e. The third-order valence-corrected chi connectivity index (χ3v) is 1.31. The Labute approximate surface area is 112 Å². The van der Waals surface area contributed by atoms with Crippen LogP contribution < -0.4 is 4.57 Å². The van der Waals surface area contributed by atoms with Crippen LogP contribution in [0.5, 0.6) is 0 Å². The molecule has 0 fully saturated rings. The fourth-order valence-electron chi connectivity index (χ4n) is 0.789. The molecule has 6 nitrogen and oxygen atoms in total. The van der Waals surface area contributed by atoms with E-state index in [0.717, 1.165) is 6.42 Å². The van der Waals surface area contributed by atoms with Crippen LogP contribution >= 0.6 is 0 Å². The quantitative estimate of drug-likeness (QED) is 0.717. The molecule has 17 heavy (non-hydrogen) atoms. The molecular weight excluding hydrogens is 271 g/mol.